The molecule has 3 aromatic rings. The summed E-state index contributed by atoms with van der Waals surface area (Å²) in [5.74, 6) is 2.91. The third kappa shape index (κ3) is 3.20. The molecule has 4 rings (SSSR count). The molecule has 25 heavy (non-hydrogen) atoms. The highest BCUT2D eigenvalue weighted by Crippen LogP contribution is 2.26. The van der Waals surface area contributed by atoms with E-state index in [1.54, 1.807) is 0 Å². The number of hydrogen-bond donors (Lipinski definition) is 1. The van der Waals surface area contributed by atoms with Gasteiger partial charge in [-0.2, -0.15) is 4.98 Å². The largest absolute Gasteiger partial charge is 0.466 e. The van der Waals surface area contributed by atoms with Crippen molar-refractivity contribution in [2.24, 2.45) is 0 Å². The van der Waals surface area contributed by atoms with Crippen LogP contribution in [0.25, 0.3) is 0 Å². The monoisotopic (exact) mass is 337 g/mol. The molecule has 0 aliphatic carbocycles. The first kappa shape index (κ1) is 15.6. The van der Waals surface area contributed by atoms with Crippen molar-refractivity contribution in [2.75, 3.05) is 5.32 Å². The van der Waals surface area contributed by atoms with Crippen LogP contribution in [0.4, 0.5) is 5.69 Å². The van der Waals surface area contributed by atoms with Crippen LogP contribution in [-0.4, -0.2) is 16.0 Å². The minimum Gasteiger partial charge on any atom is -0.466 e. The number of carbonyl (C=O) groups is 1. The van der Waals surface area contributed by atoms with Gasteiger partial charge in [-0.25, -0.2) is 0 Å². The van der Waals surface area contributed by atoms with E-state index in [1.807, 2.05) is 38.1 Å². The molecule has 0 bridgehead atoms. The molecular weight excluding hydrogens is 318 g/mol. The summed E-state index contributed by atoms with van der Waals surface area (Å²) in [5, 5.41) is 6.98. The van der Waals surface area contributed by atoms with E-state index in [-0.39, 0.29) is 11.8 Å². The Hall–Kier alpha value is -2.89. The van der Waals surface area contributed by atoms with E-state index in [4.69, 9.17) is 8.94 Å². The lowest BCUT2D eigenvalue weighted by atomic mass is 9.99. The molecule has 0 saturated heterocycles. The van der Waals surface area contributed by atoms with Gasteiger partial charge < -0.3 is 14.3 Å². The Kier molecular flexibility index (Phi) is 3.87. The fourth-order valence-electron chi connectivity index (χ4n) is 3.05. The van der Waals surface area contributed by atoms with Crippen LogP contribution >= 0.6 is 0 Å². The van der Waals surface area contributed by atoms with Crippen molar-refractivity contribution in [3.63, 3.8) is 0 Å². The second-order valence-corrected chi connectivity index (χ2v) is 6.43. The molecule has 0 spiro atoms. The molecule has 1 atom stereocenters. The molecule has 6 heteroatoms. The van der Waals surface area contributed by atoms with Gasteiger partial charge in [0, 0.05) is 12.1 Å². The molecule has 0 radical (unpaired) electrons. The van der Waals surface area contributed by atoms with Gasteiger partial charge in [-0.15, -0.1) is 0 Å². The molecule has 1 unspecified atom stereocenters. The summed E-state index contributed by atoms with van der Waals surface area (Å²) in [6.07, 6.45) is 1.86. The van der Waals surface area contributed by atoms with Crippen molar-refractivity contribution in [3.8, 4) is 0 Å². The Morgan fingerprint density at radius 2 is 2.12 bits per heavy atom. The fourth-order valence-corrected chi connectivity index (χ4v) is 3.05. The van der Waals surface area contributed by atoms with Crippen LogP contribution in [0.3, 0.4) is 0 Å². The van der Waals surface area contributed by atoms with E-state index in [2.05, 4.69) is 21.5 Å². The van der Waals surface area contributed by atoms with Gasteiger partial charge >= 0.3 is 0 Å². The number of nitrogens with one attached hydrogen (secondary N) is 1. The summed E-state index contributed by atoms with van der Waals surface area (Å²) in [6, 6.07) is 9.88. The van der Waals surface area contributed by atoms with Crippen molar-refractivity contribution in [1.29, 1.82) is 0 Å². The molecule has 2 aromatic heterocycles. The minimum absolute atomic E-state index is 0.0510. The van der Waals surface area contributed by atoms with Crippen LogP contribution in [0.1, 0.15) is 53.6 Å². The summed E-state index contributed by atoms with van der Waals surface area (Å²) in [4.78, 5) is 15.9. The van der Waals surface area contributed by atoms with Crippen molar-refractivity contribution in [1.82, 2.24) is 10.1 Å². The van der Waals surface area contributed by atoms with Crippen molar-refractivity contribution >= 4 is 11.6 Å². The summed E-state index contributed by atoms with van der Waals surface area (Å²) >= 11 is 0. The first-order chi connectivity index (χ1) is 12.1. The number of carbonyl (C=O) groups excluding carboxylic acids is 1. The zero-order valence-corrected chi connectivity index (χ0v) is 14.2. The van der Waals surface area contributed by atoms with Crippen LogP contribution in [0.15, 0.2) is 39.3 Å². The van der Waals surface area contributed by atoms with E-state index in [0.717, 1.165) is 34.8 Å². The van der Waals surface area contributed by atoms with Gasteiger partial charge in [-0.05, 0) is 49.6 Å². The molecule has 1 N–H and O–H groups in total. The van der Waals surface area contributed by atoms with Gasteiger partial charge in [0.2, 0.25) is 11.8 Å². The van der Waals surface area contributed by atoms with E-state index < -0.39 is 0 Å². The van der Waals surface area contributed by atoms with Crippen LogP contribution in [0, 0.1) is 6.92 Å². The number of furan rings is 1. The highest BCUT2D eigenvalue weighted by molar-refractivity contribution is 5.93. The highest BCUT2D eigenvalue weighted by Gasteiger charge is 2.19. The summed E-state index contributed by atoms with van der Waals surface area (Å²) in [7, 11) is 0. The fraction of sp³-hybridized carbons (Fsp3) is 0.316. The average molecular weight is 337 g/mol. The number of fused-ring (bicyclic) bond motifs is 1. The number of hydrogen-bond acceptors (Lipinski definition) is 5. The van der Waals surface area contributed by atoms with Gasteiger partial charge in [0.05, 0.1) is 12.3 Å². The number of nitrogens with zero attached hydrogens (tertiary/aromatic N) is 2. The average Bonchev–Trinajstić information content (AvgIpc) is 3.23. The first-order valence-electron chi connectivity index (χ1n) is 8.39. The molecule has 1 aliphatic heterocycles. The molecule has 3 heterocycles. The molecule has 1 amide bonds. The number of anilines is 1. The third-order valence-corrected chi connectivity index (χ3v) is 4.48. The van der Waals surface area contributed by atoms with Gasteiger partial charge in [0.15, 0.2) is 5.82 Å². The third-order valence-electron chi connectivity index (χ3n) is 4.48. The summed E-state index contributed by atoms with van der Waals surface area (Å²) in [5.41, 5.74) is 3.14. The van der Waals surface area contributed by atoms with E-state index in [9.17, 15) is 4.79 Å². The Morgan fingerprint density at radius 1 is 1.24 bits per heavy atom. The van der Waals surface area contributed by atoms with Crippen LogP contribution in [0.5, 0.6) is 0 Å². The van der Waals surface area contributed by atoms with E-state index in [1.165, 1.54) is 0 Å². The Labute approximate surface area is 145 Å². The Bertz CT molecular complexity index is 926. The van der Waals surface area contributed by atoms with Crippen LogP contribution in [-0.2, 0) is 17.6 Å². The maximum Gasteiger partial charge on any atom is 0.231 e. The topological polar surface area (TPSA) is 81.2 Å². The first-order valence-corrected chi connectivity index (χ1v) is 8.39. The maximum atomic E-state index is 11.4. The van der Waals surface area contributed by atoms with Crippen molar-refractivity contribution in [2.45, 2.75) is 39.0 Å². The molecule has 6 nitrogen and oxygen atoms in total. The zero-order valence-electron chi connectivity index (χ0n) is 14.2. The molecule has 0 fully saturated rings. The normalized spacial score (nSPS) is 14.9. The lowest BCUT2D eigenvalue weighted by Gasteiger charge is -2.17. The number of amides is 1. The molecule has 1 aromatic carbocycles. The predicted molar refractivity (Wildman–Crippen MR) is 91.5 cm³/mol. The predicted octanol–water partition coefficient (Wildman–Crippen LogP) is 3.60. The van der Waals surface area contributed by atoms with Crippen LogP contribution < -0.4 is 5.32 Å². The van der Waals surface area contributed by atoms with Gasteiger partial charge in [0.25, 0.3) is 0 Å². The smallest absolute Gasteiger partial charge is 0.231 e. The zero-order chi connectivity index (χ0) is 17.4. The molecule has 128 valence electrons. The molecule has 0 saturated carbocycles. The number of aromatic nitrogens is 2. The van der Waals surface area contributed by atoms with Gasteiger partial charge in [0.1, 0.15) is 11.5 Å². The summed E-state index contributed by atoms with van der Waals surface area (Å²) < 4.78 is 11.0. The Balaban J connectivity index is 1.50. The summed E-state index contributed by atoms with van der Waals surface area (Å²) in [6.45, 7) is 3.91. The molecular formula is C19H19N3O3. The lowest BCUT2D eigenvalue weighted by Crippen LogP contribution is -2.18. The lowest BCUT2D eigenvalue weighted by molar-refractivity contribution is -0.116. The van der Waals surface area contributed by atoms with E-state index in [0.29, 0.717) is 24.6 Å². The number of aryl methyl sites for hydroxylation is 2. The number of rotatable bonds is 4. The van der Waals surface area contributed by atoms with E-state index >= 15 is 0 Å². The second-order valence-electron chi connectivity index (χ2n) is 6.43. The van der Waals surface area contributed by atoms with Crippen molar-refractivity contribution in [3.05, 3.63) is 64.7 Å². The number of benzene rings is 1. The standard InChI is InChI=1S/C19H19N3O3/c1-11-3-7-16(24-11)12(2)19-21-18(25-22-19)10-13-4-6-15-14(9-13)5-8-17(23)20-15/h3-4,6-7,9,12H,5,8,10H2,1-2H3,(H,20,23). The SMILES string of the molecule is Cc1ccc(C(C)c2noc(Cc3ccc4c(c3)CCC(=O)N4)n2)o1. The maximum absolute atomic E-state index is 11.4. The quantitative estimate of drug-likeness (QED) is 0.787. The van der Waals surface area contributed by atoms with Gasteiger partial charge in [-0.1, -0.05) is 17.3 Å². The Morgan fingerprint density at radius 3 is 2.92 bits per heavy atom. The van der Waals surface area contributed by atoms with Crippen LogP contribution in [0.2, 0.25) is 0 Å². The molecule has 1 aliphatic rings. The van der Waals surface area contributed by atoms with Crippen molar-refractivity contribution < 1.29 is 13.7 Å². The minimum atomic E-state index is -0.0510. The second kappa shape index (κ2) is 6.20. The van der Waals surface area contributed by atoms with Gasteiger partial charge in [-0.3, -0.25) is 4.79 Å². The highest BCUT2D eigenvalue weighted by atomic mass is 16.5.